The van der Waals surface area contributed by atoms with Crippen LogP contribution in [0.2, 0.25) is 5.02 Å². The summed E-state index contributed by atoms with van der Waals surface area (Å²) in [4.78, 5) is 22.4. The molecule has 1 N–H and O–H groups in total. The Kier molecular flexibility index (Phi) is 4.39. The summed E-state index contributed by atoms with van der Waals surface area (Å²) >= 11 is 5.90. The second-order valence-corrected chi connectivity index (χ2v) is 4.92. The first-order chi connectivity index (χ1) is 10.4. The molecule has 0 saturated carbocycles. The number of non-ortho nitro benzene ring substituents is 1. The first-order valence-electron chi connectivity index (χ1n) is 6.18. The Bertz CT molecular complexity index is 812. The number of carbonyl (C=O) groups excluding carboxylic acids is 1. The van der Waals surface area contributed by atoms with E-state index in [1.54, 1.807) is 13.0 Å². The summed E-state index contributed by atoms with van der Waals surface area (Å²) in [5.74, 6) is -0.409. The molecule has 0 aliphatic heterocycles. The van der Waals surface area contributed by atoms with Crippen LogP contribution in [0.15, 0.2) is 36.4 Å². The smallest absolute Gasteiger partial charge is 0.269 e. The number of hydrogen-bond acceptors (Lipinski definition) is 4. The van der Waals surface area contributed by atoms with Gasteiger partial charge in [0.2, 0.25) is 0 Å². The number of nitrogens with zero attached hydrogens (tertiary/aromatic N) is 2. The Morgan fingerprint density at radius 1 is 1.32 bits per heavy atom. The molecule has 0 heterocycles. The van der Waals surface area contributed by atoms with Crippen LogP contribution in [0.3, 0.4) is 0 Å². The monoisotopic (exact) mass is 315 g/mol. The normalized spacial score (nSPS) is 9.86. The van der Waals surface area contributed by atoms with Gasteiger partial charge in [0.25, 0.3) is 11.6 Å². The second kappa shape index (κ2) is 6.24. The number of amides is 1. The fourth-order valence-electron chi connectivity index (χ4n) is 1.90. The number of rotatable bonds is 3. The lowest BCUT2D eigenvalue weighted by Crippen LogP contribution is -2.13. The van der Waals surface area contributed by atoms with Gasteiger partial charge in [0, 0.05) is 23.4 Å². The molecule has 1 amide bonds. The van der Waals surface area contributed by atoms with Crippen molar-refractivity contribution in [2.75, 3.05) is 5.32 Å². The Hall–Kier alpha value is -2.91. The summed E-state index contributed by atoms with van der Waals surface area (Å²) in [5, 5.41) is 22.4. The van der Waals surface area contributed by atoms with E-state index in [4.69, 9.17) is 16.9 Å². The van der Waals surface area contributed by atoms with Crippen molar-refractivity contribution in [3.63, 3.8) is 0 Å². The highest BCUT2D eigenvalue weighted by Crippen LogP contribution is 2.22. The van der Waals surface area contributed by atoms with E-state index in [2.05, 4.69) is 5.32 Å². The van der Waals surface area contributed by atoms with Crippen LogP contribution in [-0.4, -0.2) is 10.8 Å². The molecular weight excluding hydrogens is 306 g/mol. The SMILES string of the molecule is Cc1cc([N+](=O)[O-])ccc1C(=O)Nc1ccc(C#N)c(Cl)c1. The van der Waals surface area contributed by atoms with E-state index in [1.165, 1.54) is 30.3 Å². The van der Waals surface area contributed by atoms with Crippen LogP contribution in [0.25, 0.3) is 0 Å². The molecule has 0 aromatic heterocycles. The lowest BCUT2D eigenvalue weighted by molar-refractivity contribution is -0.384. The third kappa shape index (κ3) is 3.22. The van der Waals surface area contributed by atoms with Crippen molar-refractivity contribution in [2.45, 2.75) is 6.92 Å². The van der Waals surface area contributed by atoms with Gasteiger partial charge in [-0.15, -0.1) is 0 Å². The average molecular weight is 316 g/mol. The van der Waals surface area contributed by atoms with Crippen molar-refractivity contribution in [1.29, 1.82) is 5.26 Å². The average Bonchev–Trinajstić information content (AvgIpc) is 2.47. The zero-order chi connectivity index (χ0) is 16.3. The van der Waals surface area contributed by atoms with E-state index in [0.717, 1.165) is 0 Å². The maximum atomic E-state index is 12.2. The van der Waals surface area contributed by atoms with Gasteiger partial charge < -0.3 is 5.32 Å². The molecule has 0 radical (unpaired) electrons. The minimum Gasteiger partial charge on any atom is -0.322 e. The molecule has 2 aromatic rings. The van der Waals surface area contributed by atoms with Crippen molar-refractivity contribution in [3.05, 3.63) is 68.2 Å². The maximum absolute atomic E-state index is 12.2. The minimum atomic E-state index is -0.519. The van der Waals surface area contributed by atoms with Crippen LogP contribution >= 0.6 is 11.6 Å². The Morgan fingerprint density at radius 2 is 2.05 bits per heavy atom. The molecule has 2 aromatic carbocycles. The number of halogens is 1. The molecule has 6 nitrogen and oxygen atoms in total. The number of hydrogen-bond donors (Lipinski definition) is 1. The number of nitriles is 1. The second-order valence-electron chi connectivity index (χ2n) is 4.52. The van der Waals surface area contributed by atoms with Gasteiger partial charge in [0.05, 0.1) is 15.5 Å². The van der Waals surface area contributed by atoms with Crippen LogP contribution in [0, 0.1) is 28.4 Å². The summed E-state index contributed by atoms with van der Waals surface area (Å²) in [7, 11) is 0. The minimum absolute atomic E-state index is 0.0736. The molecule has 0 aliphatic rings. The van der Waals surface area contributed by atoms with Crippen molar-refractivity contribution >= 4 is 28.9 Å². The molecule has 7 heteroatoms. The zero-order valence-corrected chi connectivity index (χ0v) is 12.2. The molecule has 0 unspecified atom stereocenters. The highest BCUT2D eigenvalue weighted by molar-refractivity contribution is 6.32. The maximum Gasteiger partial charge on any atom is 0.269 e. The molecule has 22 heavy (non-hydrogen) atoms. The number of nitro groups is 1. The van der Waals surface area contributed by atoms with Gasteiger partial charge >= 0.3 is 0 Å². The molecule has 0 atom stereocenters. The lowest BCUT2D eigenvalue weighted by Gasteiger charge is -2.08. The van der Waals surface area contributed by atoms with Crippen LogP contribution in [-0.2, 0) is 0 Å². The van der Waals surface area contributed by atoms with E-state index in [9.17, 15) is 14.9 Å². The molecule has 0 aliphatic carbocycles. The summed E-state index contributed by atoms with van der Waals surface area (Å²) < 4.78 is 0. The number of aryl methyl sites for hydroxylation is 1. The summed E-state index contributed by atoms with van der Waals surface area (Å²) in [6.45, 7) is 1.62. The molecule has 0 fully saturated rings. The van der Waals surface area contributed by atoms with Gasteiger partial charge in [-0.2, -0.15) is 5.26 Å². The van der Waals surface area contributed by atoms with Crippen molar-refractivity contribution in [2.24, 2.45) is 0 Å². The largest absolute Gasteiger partial charge is 0.322 e. The van der Waals surface area contributed by atoms with Gasteiger partial charge in [0.1, 0.15) is 6.07 Å². The number of nitro benzene ring substituents is 1. The predicted octanol–water partition coefficient (Wildman–Crippen LogP) is 3.68. The summed E-state index contributed by atoms with van der Waals surface area (Å²) in [6.07, 6.45) is 0. The van der Waals surface area contributed by atoms with E-state index in [0.29, 0.717) is 22.4 Å². The van der Waals surface area contributed by atoms with Gasteiger partial charge in [-0.05, 0) is 36.8 Å². The molecular formula is C15H10ClN3O3. The van der Waals surface area contributed by atoms with E-state index in [1.807, 2.05) is 6.07 Å². The zero-order valence-electron chi connectivity index (χ0n) is 11.5. The third-order valence-electron chi connectivity index (χ3n) is 3.01. The van der Waals surface area contributed by atoms with E-state index >= 15 is 0 Å². The van der Waals surface area contributed by atoms with Crippen molar-refractivity contribution < 1.29 is 9.72 Å². The summed E-state index contributed by atoms with van der Waals surface area (Å²) in [5.41, 5.74) is 1.49. The molecule has 0 saturated heterocycles. The van der Waals surface area contributed by atoms with Crippen molar-refractivity contribution in [3.8, 4) is 6.07 Å². The third-order valence-corrected chi connectivity index (χ3v) is 3.33. The predicted molar refractivity (Wildman–Crippen MR) is 82.0 cm³/mol. The fraction of sp³-hybridized carbons (Fsp3) is 0.0667. The summed E-state index contributed by atoms with van der Waals surface area (Å²) in [6, 6.07) is 10.5. The Morgan fingerprint density at radius 3 is 2.59 bits per heavy atom. The number of nitrogens with one attached hydrogen (secondary N) is 1. The highest BCUT2D eigenvalue weighted by atomic mass is 35.5. The number of benzene rings is 2. The first-order valence-corrected chi connectivity index (χ1v) is 6.56. The highest BCUT2D eigenvalue weighted by Gasteiger charge is 2.14. The van der Waals surface area contributed by atoms with E-state index in [-0.39, 0.29) is 10.7 Å². The number of carbonyl (C=O) groups is 1. The van der Waals surface area contributed by atoms with Crippen LogP contribution in [0.4, 0.5) is 11.4 Å². The Balaban J connectivity index is 2.24. The standard InChI is InChI=1S/C15H10ClN3O3/c1-9-6-12(19(21)22)4-5-13(9)15(20)18-11-3-2-10(8-17)14(16)7-11/h2-7H,1H3,(H,18,20). The number of anilines is 1. The van der Waals surface area contributed by atoms with Gasteiger partial charge in [-0.1, -0.05) is 11.6 Å². The molecule has 0 bridgehead atoms. The molecule has 0 spiro atoms. The van der Waals surface area contributed by atoms with E-state index < -0.39 is 10.8 Å². The topological polar surface area (TPSA) is 96.0 Å². The molecule has 110 valence electrons. The van der Waals surface area contributed by atoms with Gasteiger partial charge in [-0.3, -0.25) is 14.9 Å². The van der Waals surface area contributed by atoms with Gasteiger partial charge in [0.15, 0.2) is 0 Å². The molecule has 2 rings (SSSR count). The van der Waals surface area contributed by atoms with Gasteiger partial charge in [-0.25, -0.2) is 0 Å². The first kappa shape index (κ1) is 15.5. The van der Waals surface area contributed by atoms with Crippen molar-refractivity contribution in [1.82, 2.24) is 0 Å². The van der Waals surface area contributed by atoms with Crippen LogP contribution in [0.5, 0.6) is 0 Å². The Labute approximate surface area is 131 Å². The quantitative estimate of drug-likeness (QED) is 0.690. The lowest BCUT2D eigenvalue weighted by atomic mass is 10.1. The fourth-order valence-corrected chi connectivity index (χ4v) is 2.12. The van der Waals surface area contributed by atoms with Crippen LogP contribution in [0.1, 0.15) is 21.5 Å². The van der Waals surface area contributed by atoms with Crippen LogP contribution < -0.4 is 5.32 Å².